The molecular formula is C39H39F3N8O6. The highest BCUT2D eigenvalue weighted by Crippen LogP contribution is 2.35. The van der Waals surface area contributed by atoms with E-state index in [1.807, 2.05) is 16.9 Å². The minimum Gasteiger partial charge on any atom is -0.494 e. The van der Waals surface area contributed by atoms with Gasteiger partial charge in [-0.25, -0.2) is 9.80 Å². The molecular weight excluding hydrogens is 733 g/mol. The van der Waals surface area contributed by atoms with Gasteiger partial charge >= 0.3 is 12.2 Å². The van der Waals surface area contributed by atoms with Gasteiger partial charge in [-0.3, -0.25) is 29.2 Å². The summed E-state index contributed by atoms with van der Waals surface area (Å²) in [7, 11) is 1.45. The lowest BCUT2D eigenvalue weighted by molar-refractivity contribution is -0.137. The second-order valence-electron chi connectivity index (χ2n) is 14.6. The van der Waals surface area contributed by atoms with Gasteiger partial charge in [0.15, 0.2) is 0 Å². The predicted octanol–water partition coefficient (Wildman–Crippen LogP) is 5.32. The van der Waals surface area contributed by atoms with Crippen molar-refractivity contribution in [3.8, 4) is 5.75 Å². The van der Waals surface area contributed by atoms with E-state index in [9.17, 15) is 37.1 Å². The second kappa shape index (κ2) is 14.6. The lowest BCUT2D eigenvalue weighted by atomic mass is 9.94. The summed E-state index contributed by atoms with van der Waals surface area (Å²) in [4.78, 5) is 67.9. The molecule has 0 saturated carbocycles. The molecule has 0 unspecified atom stereocenters. The highest BCUT2D eigenvalue weighted by molar-refractivity contribution is 6.22. The number of aromatic nitrogens is 2. The van der Waals surface area contributed by atoms with Crippen LogP contribution in [0.2, 0.25) is 0 Å². The predicted molar refractivity (Wildman–Crippen MR) is 197 cm³/mol. The van der Waals surface area contributed by atoms with Crippen molar-refractivity contribution in [2.75, 3.05) is 56.6 Å². The first-order valence-corrected chi connectivity index (χ1v) is 18.5. The number of carbonyl (C=O) groups is 5. The Kier molecular flexibility index (Phi) is 9.64. The normalized spacial score (nSPS) is 18.8. The molecule has 4 aliphatic heterocycles. The number of amides is 6. The number of anilines is 2. The number of ether oxygens (including phenoxy) is 1. The molecule has 3 aromatic carbocycles. The van der Waals surface area contributed by atoms with E-state index >= 15 is 0 Å². The molecule has 4 aromatic rings. The molecule has 0 spiro atoms. The van der Waals surface area contributed by atoms with Crippen LogP contribution in [0.3, 0.4) is 0 Å². The van der Waals surface area contributed by atoms with E-state index in [0.29, 0.717) is 22.9 Å². The van der Waals surface area contributed by atoms with Crippen LogP contribution in [0.25, 0.3) is 10.9 Å². The quantitative estimate of drug-likeness (QED) is 0.227. The number of hydrogen-bond donors (Lipinski definition) is 2. The summed E-state index contributed by atoms with van der Waals surface area (Å²) in [5.74, 6) is -1.45. The SMILES string of the molecule is COc1cc2nn(C3CCN(CC4CCN(c5ccc6c(c5)C(=O)N(N5CCC(=O)NC5=O)C6=O)CC4)CC3)cc2cc1NC(=O)c1cccc(C(F)(F)F)c1. The summed E-state index contributed by atoms with van der Waals surface area (Å²) < 4.78 is 47.1. The fraction of sp³-hybridized carbons (Fsp3) is 0.385. The number of nitrogens with zero attached hydrogens (tertiary/aromatic N) is 6. The van der Waals surface area contributed by atoms with E-state index in [0.717, 1.165) is 91.6 Å². The van der Waals surface area contributed by atoms with Crippen molar-refractivity contribution < 1.29 is 41.9 Å². The number of halogens is 3. The maximum absolute atomic E-state index is 13.3. The molecule has 0 aliphatic carbocycles. The lowest BCUT2D eigenvalue weighted by Gasteiger charge is -2.38. The third-order valence-electron chi connectivity index (χ3n) is 11.1. The van der Waals surface area contributed by atoms with Crippen LogP contribution in [0.1, 0.15) is 74.8 Å². The number of benzene rings is 3. The molecule has 56 heavy (non-hydrogen) atoms. The number of rotatable bonds is 8. The highest BCUT2D eigenvalue weighted by Gasteiger charge is 2.43. The van der Waals surface area contributed by atoms with Crippen molar-refractivity contribution in [3.63, 3.8) is 0 Å². The molecule has 4 aliphatic rings. The largest absolute Gasteiger partial charge is 0.494 e. The summed E-state index contributed by atoms with van der Waals surface area (Å²) in [6, 6.07) is 12.3. The van der Waals surface area contributed by atoms with E-state index in [2.05, 4.69) is 20.4 Å². The highest BCUT2D eigenvalue weighted by atomic mass is 19.4. The Labute approximate surface area is 319 Å². The Morgan fingerprint density at radius 3 is 2.38 bits per heavy atom. The Morgan fingerprint density at radius 1 is 0.911 bits per heavy atom. The molecule has 0 radical (unpaired) electrons. The van der Waals surface area contributed by atoms with Gasteiger partial charge in [0.1, 0.15) is 5.75 Å². The number of piperidine rings is 2. The third kappa shape index (κ3) is 7.13. The van der Waals surface area contributed by atoms with Crippen LogP contribution in [0.4, 0.5) is 29.3 Å². The maximum atomic E-state index is 13.3. The van der Waals surface area contributed by atoms with E-state index < -0.39 is 41.4 Å². The summed E-state index contributed by atoms with van der Waals surface area (Å²) in [6.45, 7) is 4.34. The van der Waals surface area contributed by atoms with Gasteiger partial charge in [-0.2, -0.15) is 23.3 Å². The number of carbonyl (C=O) groups excluding carboxylic acids is 5. The molecule has 1 aromatic heterocycles. The molecule has 5 heterocycles. The second-order valence-corrected chi connectivity index (χ2v) is 14.6. The molecule has 14 nitrogen and oxygen atoms in total. The van der Waals surface area contributed by atoms with Crippen molar-refractivity contribution in [2.45, 2.75) is 44.3 Å². The zero-order chi connectivity index (χ0) is 39.3. The summed E-state index contributed by atoms with van der Waals surface area (Å²) in [6.07, 6.45) is 1.10. The van der Waals surface area contributed by atoms with Gasteiger partial charge in [0.25, 0.3) is 17.7 Å². The number of fused-ring (bicyclic) bond motifs is 2. The Bertz CT molecular complexity index is 2240. The summed E-state index contributed by atoms with van der Waals surface area (Å²) in [5.41, 5.74) is 1.31. The number of methoxy groups -OCH3 is 1. The molecule has 3 fully saturated rings. The van der Waals surface area contributed by atoms with Crippen molar-refractivity contribution in [1.29, 1.82) is 0 Å². The molecule has 6 amide bonds. The van der Waals surface area contributed by atoms with Crippen molar-refractivity contribution in [1.82, 2.24) is 30.0 Å². The van der Waals surface area contributed by atoms with E-state index in [1.165, 1.54) is 19.2 Å². The maximum Gasteiger partial charge on any atom is 0.416 e. The number of alkyl halides is 3. The van der Waals surface area contributed by atoms with E-state index in [1.54, 1.807) is 24.3 Å². The van der Waals surface area contributed by atoms with Gasteiger partial charge < -0.3 is 19.9 Å². The van der Waals surface area contributed by atoms with Crippen LogP contribution >= 0.6 is 0 Å². The lowest BCUT2D eigenvalue weighted by Crippen LogP contribution is -2.58. The molecule has 292 valence electrons. The van der Waals surface area contributed by atoms with Gasteiger partial charge in [0.2, 0.25) is 5.91 Å². The molecule has 3 saturated heterocycles. The topological polar surface area (TPSA) is 149 Å². The smallest absolute Gasteiger partial charge is 0.416 e. The molecule has 2 N–H and O–H groups in total. The first-order valence-electron chi connectivity index (χ1n) is 18.5. The summed E-state index contributed by atoms with van der Waals surface area (Å²) >= 11 is 0. The average Bonchev–Trinajstić information content (AvgIpc) is 3.71. The minimum absolute atomic E-state index is 0.000259. The number of likely N-dealkylation sites (tertiary alicyclic amines) is 1. The minimum atomic E-state index is -4.57. The first-order chi connectivity index (χ1) is 26.9. The van der Waals surface area contributed by atoms with Crippen LogP contribution in [0.15, 0.2) is 60.8 Å². The van der Waals surface area contributed by atoms with Crippen LogP contribution < -0.4 is 20.3 Å². The van der Waals surface area contributed by atoms with Crippen LogP contribution in [0.5, 0.6) is 5.75 Å². The molecule has 0 bridgehead atoms. The van der Waals surface area contributed by atoms with Crippen molar-refractivity contribution in [2.24, 2.45) is 5.92 Å². The fourth-order valence-corrected chi connectivity index (χ4v) is 8.04. The van der Waals surface area contributed by atoms with Crippen molar-refractivity contribution in [3.05, 3.63) is 83.0 Å². The average molecular weight is 773 g/mol. The van der Waals surface area contributed by atoms with Crippen LogP contribution in [0, 0.1) is 5.92 Å². The number of nitrogens with one attached hydrogen (secondary N) is 2. The Hall–Kier alpha value is -5.97. The van der Waals surface area contributed by atoms with Gasteiger partial charge in [-0.15, -0.1) is 0 Å². The van der Waals surface area contributed by atoms with Crippen LogP contribution in [-0.4, -0.2) is 101 Å². The Balaban J connectivity index is 0.842. The van der Waals surface area contributed by atoms with E-state index in [4.69, 9.17) is 9.84 Å². The Morgan fingerprint density at radius 2 is 1.66 bits per heavy atom. The van der Waals surface area contributed by atoms with Gasteiger partial charge in [0.05, 0.1) is 47.6 Å². The monoisotopic (exact) mass is 772 g/mol. The first kappa shape index (κ1) is 37.0. The van der Waals surface area contributed by atoms with Gasteiger partial charge in [-0.1, -0.05) is 6.07 Å². The molecule has 0 atom stereocenters. The zero-order valence-electron chi connectivity index (χ0n) is 30.5. The number of urea groups is 1. The summed E-state index contributed by atoms with van der Waals surface area (Å²) in [5, 5.41) is 12.2. The standard InChI is InChI=1S/C39H39F3N8O6/c1-56-33-20-31-25(18-32(33)43-35(52)24-3-2-4-26(17-24)39(40,41)42)22-48(45-31)27-9-12-46(13-10-27)21-23-7-14-47(15-8-23)28-5-6-29-30(19-28)37(54)50(36(29)53)49-16-11-34(51)44-38(49)55/h2-6,17-20,22-23,27H,7-16,21H2,1H3,(H,43,52)(H,44,51,55). The van der Waals surface area contributed by atoms with Gasteiger partial charge in [-0.05, 0) is 74.1 Å². The van der Waals surface area contributed by atoms with Crippen LogP contribution in [-0.2, 0) is 11.0 Å². The van der Waals surface area contributed by atoms with Gasteiger partial charge in [0, 0.05) is 68.0 Å². The molecule has 8 rings (SSSR count). The third-order valence-corrected chi connectivity index (χ3v) is 11.1. The zero-order valence-corrected chi connectivity index (χ0v) is 30.5. The number of hydrazine groups is 1. The van der Waals surface area contributed by atoms with Crippen molar-refractivity contribution >= 4 is 51.9 Å². The molecule has 17 heteroatoms. The fourth-order valence-electron chi connectivity index (χ4n) is 8.04. The number of imide groups is 2. The number of hydrogen-bond acceptors (Lipinski definition) is 9. The van der Waals surface area contributed by atoms with E-state index in [-0.39, 0.29) is 35.7 Å².